The molecule has 2 N–H and O–H groups in total. The number of para-hydroxylation sites is 2. The van der Waals surface area contributed by atoms with E-state index in [0.29, 0.717) is 11.4 Å². The summed E-state index contributed by atoms with van der Waals surface area (Å²) in [4.78, 5) is 25.0. The smallest absolute Gasteiger partial charge is 0.269 e. The molecule has 12 heteroatoms. The molecule has 0 spiro atoms. The SMILES string of the molecule is CN(c1ccccc1)S(=O)(=O)c1ccc(C(=O)NNC(=O)c2ccc(S(=O)(=O)N(C)c3ccccc3)cc2)cc1. The first-order chi connectivity index (χ1) is 19.0. The van der Waals surface area contributed by atoms with Crippen LogP contribution in [0.1, 0.15) is 20.7 Å². The van der Waals surface area contributed by atoms with E-state index in [1.165, 1.54) is 62.6 Å². The molecule has 40 heavy (non-hydrogen) atoms. The molecule has 0 radical (unpaired) electrons. The number of nitrogens with zero attached hydrogens (tertiary/aromatic N) is 2. The van der Waals surface area contributed by atoms with Crippen molar-refractivity contribution in [1.82, 2.24) is 10.9 Å². The Bertz CT molecular complexity index is 1580. The predicted molar refractivity (Wildman–Crippen MR) is 152 cm³/mol. The van der Waals surface area contributed by atoms with Crippen LogP contribution in [-0.2, 0) is 20.0 Å². The van der Waals surface area contributed by atoms with Gasteiger partial charge in [0.15, 0.2) is 0 Å². The van der Waals surface area contributed by atoms with Crippen LogP contribution in [0.4, 0.5) is 11.4 Å². The largest absolute Gasteiger partial charge is 0.269 e. The molecule has 0 unspecified atom stereocenters. The van der Waals surface area contributed by atoms with Gasteiger partial charge in [-0.1, -0.05) is 36.4 Å². The van der Waals surface area contributed by atoms with Gasteiger partial charge < -0.3 is 0 Å². The molecule has 4 aromatic carbocycles. The van der Waals surface area contributed by atoms with Gasteiger partial charge >= 0.3 is 0 Å². The highest BCUT2D eigenvalue weighted by molar-refractivity contribution is 7.93. The van der Waals surface area contributed by atoms with Gasteiger partial charge in [0, 0.05) is 25.2 Å². The number of benzene rings is 4. The molecule has 2 amide bonds. The summed E-state index contributed by atoms with van der Waals surface area (Å²) in [6, 6.07) is 27.6. The van der Waals surface area contributed by atoms with Crippen LogP contribution in [0.5, 0.6) is 0 Å². The molecule has 206 valence electrons. The molecule has 0 fully saturated rings. The molecular formula is C28H26N4O6S2. The molecule has 0 saturated heterocycles. The van der Waals surface area contributed by atoms with E-state index >= 15 is 0 Å². The minimum Gasteiger partial charge on any atom is -0.269 e. The maximum atomic E-state index is 12.9. The number of hydrazine groups is 1. The van der Waals surface area contributed by atoms with E-state index < -0.39 is 31.9 Å². The summed E-state index contributed by atoms with van der Waals surface area (Å²) in [6.07, 6.45) is 0. The van der Waals surface area contributed by atoms with Crippen molar-refractivity contribution >= 4 is 43.2 Å². The number of amides is 2. The Morgan fingerprint density at radius 1 is 0.500 bits per heavy atom. The topological polar surface area (TPSA) is 133 Å². The molecule has 0 aromatic heterocycles. The second-order valence-electron chi connectivity index (χ2n) is 8.57. The van der Waals surface area contributed by atoms with Gasteiger partial charge in [-0.3, -0.25) is 29.1 Å². The summed E-state index contributed by atoms with van der Waals surface area (Å²) in [5, 5.41) is 0. The first kappa shape index (κ1) is 28.3. The number of anilines is 2. The number of nitrogens with one attached hydrogen (secondary N) is 2. The molecule has 0 aliphatic carbocycles. The third-order valence-electron chi connectivity index (χ3n) is 6.08. The van der Waals surface area contributed by atoms with Crippen molar-refractivity contribution < 1.29 is 26.4 Å². The van der Waals surface area contributed by atoms with Crippen LogP contribution in [0.15, 0.2) is 119 Å². The molecular weight excluding hydrogens is 552 g/mol. The number of sulfonamides is 2. The van der Waals surface area contributed by atoms with E-state index in [1.54, 1.807) is 60.7 Å². The Morgan fingerprint density at radius 3 is 1.10 bits per heavy atom. The van der Waals surface area contributed by atoms with Gasteiger partial charge in [-0.25, -0.2) is 16.8 Å². The molecule has 0 heterocycles. The molecule has 0 aliphatic heterocycles. The molecule has 4 rings (SSSR count). The fraction of sp³-hybridized carbons (Fsp3) is 0.0714. The first-order valence-electron chi connectivity index (χ1n) is 11.9. The summed E-state index contributed by atoms with van der Waals surface area (Å²) >= 11 is 0. The summed E-state index contributed by atoms with van der Waals surface area (Å²) in [6.45, 7) is 0. The van der Waals surface area contributed by atoms with Crippen molar-refractivity contribution in [2.24, 2.45) is 0 Å². The summed E-state index contributed by atoms with van der Waals surface area (Å²) in [5.41, 5.74) is 5.74. The standard InChI is InChI=1S/C28H26N4O6S2/c1-31(23-9-5-3-6-10-23)39(35,36)25-17-13-21(14-18-25)27(33)29-30-28(34)22-15-19-26(20-16-22)40(37,38)32(2)24-11-7-4-8-12-24/h3-20H,1-2H3,(H,29,33)(H,30,34). The quantitative estimate of drug-likeness (QED) is 0.308. The predicted octanol–water partition coefficient (Wildman–Crippen LogP) is 3.41. The molecule has 10 nitrogen and oxygen atoms in total. The van der Waals surface area contributed by atoms with Crippen molar-refractivity contribution in [3.05, 3.63) is 120 Å². The molecule has 0 aliphatic rings. The van der Waals surface area contributed by atoms with Crippen molar-refractivity contribution in [3.63, 3.8) is 0 Å². The van der Waals surface area contributed by atoms with Crippen molar-refractivity contribution in [3.8, 4) is 0 Å². The Balaban J connectivity index is 1.38. The van der Waals surface area contributed by atoms with Crippen LogP contribution in [-0.4, -0.2) is 42.7 Å². The monoisotopic (exact) mass is 578 g/mol. The molecule has 0 saturated carbocycles. The van der Waals surface area contributed by atoms with Gasteiger partial charge in [0.25, 0.3) is 31.9 Å². The lowest BCUT2D eigenvalue weighted by molar-refractivity contribution is 0.0846. The lowest BCUT2D eigenvalue weighted by atomic mass is 10.2. The van der Waals surface area contributed by atoms with Crippen LogP contribution in [0.3, 0.4) is 0 Å². The minimum absolute atomic E-state index is 0.00705. The van der Waals surface area contributed by atoms with E-state index in [4.69, 9.17) is 0 Å². The Labute approximate surface area is 232 Å². The zero-order chi connectivity index (χ0) is 28.9. The number of rotatable bonds is 8. The summed E-state index contributed by atoms with van der Waals surface area (Å²) in [7, 11) is -4.82. The lowest BCUT2D eigenvalue weighted by Crippen LogP contribution is -2.41. The third kappa shape index (κ3) is 5.98. The highest BCUT2D eigenvalue weighted by Crippen LogP contribution is 2.23. The van der Waals surface area contributed by atoms with Gasteiger partial charge in [-0.15, -0.1) is 0 Å². The minimum atomic E-state index is -3.85. The normalized spacial score (nSPS) is 11.3. The van der Waals surface area contributed by atoms with Crippen LogP contribution in [0, 0.1) is 0 Å². The van der Waals surface area contributed by atoms with Crippen LogP contribution in [0.2, 0.25) is 0 Å². The van der Waals surface area contributed by atoms with E-state index in [-0.39, 0.29) is 20.9 Å². The maximum absolute atomic E-state index is 12.9. The average molecular weight is 579 g/mol. The van der Waals surface area contributed by atoms with Gasteiger partial charge in [-0.2, -0.15) is 0 Å². The Kier molecular flexibility index (Phi) is 8.21. The third-order valence-corrected chi connectivity index (χ3v) is 9.68. The summed E-state index contributed by atoms with van der Waals surface area (Å²) < 4.78 is 53.9. The van der Waals surface area contributed by atoms with E-state index in [9.17, 15) is 26.4 Å². The highest BCUT2D eigenvalue weighted by atomic mass is 32.2. The van der Waals surface area contributed by atoms with Crippen LogP contribution < -0.4 is 19.5 Å². The molecule has 4 aromatic rings. The van der Waals surface area contributed by atoms with Crippen LogP contribution in [0.25, 0.3) is 0 Å². The first-order valence-corrected chi connectivity index (χ1v) is 14.8. The van der Waals surface area contributed by atoms with E-state index in [1.807, 2.05) is 0 Å². The van der Waals surface area contributed by atoms with E-state index in [0.717, 1.165) is 8.61 Å². The van der Waals surface area contributed by atoms with Gasteiger partial charge in [0.05, 0.1) is 21.2 Å². The number of hydrogen-bond donors (Lipinski definition) is 2. The highest BCUT2D eigenvalue weighted by Gasteiger charge is 2.23. The zero-order valence-electron chi connectivity index (χ0n) is 21.6. The van der Waals surface area contributed by atoms with Crippen molar-refractivity contribution in [2.75, 3.05) is 22.7 Å². The fourth-order valence-electron chi connectivity index (χ4n) is 3.68. The summed E-state index contributed by atoms with van der Waals surface area (Å²) in [5.74, 6) is -1.34. The van der Waals surface area contributed by atoms with Gasteiger partial charge in [0.1, 0.15) is 0 Å². The molecule has 0 atom stereocenters. The van der Waals surface area contributed by atoms with Gasteiger partial charge in [0.2, 0.25) is 0 Å². The Morgan fingerprint density at radius 2 is 0.800 bits per heavy atom. The Hall–Kier alpha value is -4.68. The van der Waals surface area contributed by atoms with Gasteiger partial charge in [-0.05, 0) is 72.8 Å². The maximum Gasteiger partial charge on any atom is 0.269 e. The fourth-order valence-corrected chi connectivity index (χ4v) is 6.08. The lowest BCUT2D eigenvalue weighted by Gasteiger charge is -2.19. The number of carbonyl (C=O) groups excluding carboxylic acids is 2. The zero-order valence-corrected chi connectivity index (χ0v) is 23.2. The number of hydrogen-bond acceptors (Lipinski definition) is 6. The van der Waals surface area contributed by atoms with Crippen LogP contribution >= 0.6 is 0 Å². The second-order valence-corrected chi connectivity index (χ2v) is 12.5. The van der Waals surface area contributed by atoms with E-state index in [2.05, 4.69) is 10.9 Å². The second kappa shape index (κ2) is 11.6. The van der Waals surface area contributed by atoms with Crippen molar-refractivity contribution in [2.45, 2.75) is 9.79 Å². The van der Waals surface area contributed by atoms with Crippen molar-refractivity contribution in [1.29, 1.82) is 0 Å². The average Bonchev–Trinajstić information content (AvgIpc) is 2.99. The molecule has 0 bridgehead atoms. The number of carbonyl (C=O) groups is 2.